The monoisotopic (exact) mass is 383 g/mol. The van der Waals surface area contributed by atoms with E-state index < -0.39 is 0 Å². The van der Waals surface area contributed by atoms with Crippen LogP contribution in [0.15, 0.2) is 53.4 Å². The number of carbonyl (C=O) groups excluding carboxylic acids is 1. The largest absolute Gasteiger partial charge is 0.326 e. The summed E-state index contributed by atoms with van der Waals surface area (Å²) >= 11 is 3.99. The highest BCUT2D eigenvalue weighted by molar-refractivity contribution is 8.01. The minimum absolute atomic E-state index is 0.0436. The van der Waals surface area contributed by atoms with Crippen LogP contribution >= 0.6 is 23.5 Å². The van der Waals surface area contributed by atoms with E-state index in [1.54, 1.807) is 0 Å². The van der Waals surface area contributed by atoms with Gasteiger partial charge in [-0.15, -0.1) is 23.5 Å². The van der Waals surface area contributed by atoms with Gasteiger partial charge in [0.25, 0.3) is 0 Å². The molecule has 1 N–H and O–H groups in total. The number of hydrogen-bond acceptors (Lipinski definition) is 3. The third-order valence-corrected chi connectivity index (χ3v) is 7.71. The topological polar surface area (TPSA) is 29.1 Å². The third-order valence-electron chi connectivity index (χ3n) is 4.91. The number of nitrogens with one attached hydrogen (secondary N) is 1. The van der Waals surface area contributed by atoms with Crippen molar-refractivity contribution in [3.8, 4) is 0 Å². The molecule has 2 nitrogen and oxygen atoms in total. The summed E-state index contributed by atoms with van der Waals surface area (Å²) < 4.78 is 0.377. The van der Waals surface area contributed by atoms with Gasteiger partial charge in [-0.05, 0) is 66.8 Å². The first kappa shape index (κ1) is 18.0. The fraction of sp³-hybridized carbons (Fsp3) is 0.409. The molecule has 2 aromatic carbocycles. The van der Waals surface area contributed by atoms with Gasteiger partial charge in [0.05, 0.1) is 6.42 Å². The summed E-state index contributed by atoms with van der Waals surface area (Å²) in [5, 5.41) is 3.92. The van der Waals surface area contributed by atoms with Gasteiger partial charge in [0.2, 0.25) is 5.91 Å². The van der Waals surface area contributed by atoms with Gasteiger partial charge in [0, 0.05) is 20.6 Å². The highest BCUT2D eigenvalue weighted by Gasteiger charge is 2.48. The molecule has 4 rings (SSSR count). The lowest BCUT2D eigenvalue weighted by atomic mass is 10.1. The molecule has 0 radical (unpaired) electrons. The van der Waals surface area contributed by atoms with Crippen molar-refractivity contribution >= 4 is 35.1 Å². The van der Waals surface area contributed by atoms with Crippen LogP contribution in [-0.2, 0) is 16.0 Å². The highest BCUT2D eigenvalue weighted by Crippen LogP contribution is 2.61. The Morgan fingerprint density at radius 2 is 1.77 bits per heavy atom. The Kier molecular flexibility index (Phi) is 5.32. The summed E-state index contributed by atoms with van der Waals surface area (Å²) in [5.41, 5.74) is 3.37. The molecule has 0 aromatic heterocycles. The summed E-state index contributed by atoms with van der Waals surface area (Å²) in [6.07, 6.45) is 5.79. The summed E-state index contributed by atoms with van der Waals surface area (Å²) in [4.78, 5) is 13.6. The van der Waals surface area contributed by atoms with E-state index in [4.69, 9.17) is 0 Å². The zero-order chi connectivity index (χ0) is 18.0. The molecule has 1 amide bonds. The van der Waals surface area contributed by atoms with Gasteiger partial charge >= 0.3 is 0 Å². The quantitative estimate of drug-likeness (QED) is 0.579. The van der Waals surface area contributed by atoms with Crippen LogP contribution in [0.5, 0.6) is 0 Å². The number of hydrogen-bond donors (Lipinski definition) is 1. The minimum atomic E-state index is 0.0436. The Balaban J connectivity index is 1.32. The normalized spacial score (nSPS) is 17.7. The smallest absolute Gasteiger partial charge is 0.228 e. The second-order valence-corrected chi connectivity index (χ2v) is 10.2. The van der Waals surface area contributed by atoms with E-state index in [-0.39, 0.29) is 5.91 Å². The van der Waals surface area contributed by atoms with E-state index in [0.29, 0.717) is 11.2 Å². The first-order chi connectivity index (χ1) is 12.7. The van der Waals surface area contributed by atoms with Gasteiger partial charge in [-0.2, -0.15) is 0 Å². The maximum absolute atomic E-state index is 12.3. The minimum Gasteiger partial charge on any atom is -0.326 e. The van der Waals surface area contributed by atoms with Crippen molar-refractivity contribution in [2.45, 2.75) is 53.9 Å². The van der Waals surface area contributed by atoms with Crippen molar-refractivity contribution < 1.29 is 4.79 Å². The van der Waals surface area contributed by atoms with E-state index in [1.807, 2.05) is 23.9 Å². The zero-order valence-electron chi connectivity index (χ0n) is 15.2. The molecular formula is C22H25NOS2. The van der Waals surface area contributed by atoms with Crippen molar-refractivity contribution in [3.05, 3.63) is 59.7 Å². The Morgan fingerprint density at radius 1 is 1.08 bits per heavy atom. The zero-order valence-corrected chi connectivity index (χ0v) is 16.8. The fourth-order valence-corrected chi connectivity index (χ4v) is 5.49. The van der Waals surface area contributed by atoms with Crippen LogP contribution in [0.3, 0.4) is 0 Å². The first-order valence-electron chi connectivity index (χ1n) is 9.47. The fourth-order valence-electron chi connectivity index (χ4n) is 3.21. The Labute approximate surface area is 164 Å². The van der Waals surface area contributed by atoms with Crippen molar-refractivity contribution in [2.24, 2.45) is 0 Å². The molecule has 0 unspecified atom stereocenters. The van der Waals surface area contributed by atoms with E-state index in [1.165, 1.54) is 36.1 Å². The Bertz CT molecular complexity index is 762. The molecule has 2 aliphatic rings. The molecule has 2 aromatic rings. The number of benzene rings is 2. The van der Waals surface area contributed by atoms with Crippen LogP contribution in [0.25, 0.3) is 0 Å². The van der Waals surface area contributed by atoms with Gasteiger partial charge in [-0.25, -0.2) is 0 Å². The van der Waals surface area contributed by atoms with Crippen molar-refractivity contribution in [2.75, 3.05) is 11.1 Å². The van der Waals surface area contributed by atoms with Gasteiger partial charge in [-0.3, -0.25) is 4.79 Å². The van der Waals surface area contributed by atoms with Crippen LogP contribution in [0, 0.1) is 0 Å². The number of thioether (sulfide) groups is 2. The Hall–Kier alpha value is -1.39. The lowest BCUT2D eigenvalue weighted by molar-refractivity contribution is -0.115. The molecule has 2 aliphatic carbocycles. The Morgan fingerprint density at radius 3 is 2.35 bits per heavy atom. The number of amides is 1. The van der Waals surface area contributed by atoms with Crippen LogP contribution in [0.2, 0.25) is 0 Å². The van der Waals surface area contributed by atoms with E-state index in [9.17, 15) is 4.79 Å². The van der Waals surface area contributed by atoms with Crippen LogP contribution in [0.1, 0.15) is 43.7 Å². The summed E-state index contributed by atoms with van der Waals surface area (Å²) in [6.45, 7) is 2.15. The summed E-state index contributed by atoms with van der Waals surface area (Å²) in [5.74, 6) is 1.11. The number of carbonyl (C=O) groups is 1. The average Bonchev–Trinajstić information content (AvgIpc) is 3.56. The summed E-state index contributed by atoms with van der Waals surface area (Å²) in [7, 11) is 0. The predicted molar refractivity (Wildman–Crippen MR) is 113 cm³/mol. The van der Waals surface area contributed by atoms with Crippen molar-refractivity contribution in [1.29, 1.82) is 0 Å². The molecule has 2 saturated carbocycles. The molecule has 2 fully saturated rings. The molecule has 0 saturated heterocycles. The van der Waals surface area contributed by atoms with Crippen LogP contribution in [0.4, 0.5) is 5.69 Å². The molecule has 0 spiro atoms. The van der Waals surface area contributed by atoms with Crippen molar-refractivity contribution in [1.82, 2.24) is 0 Å². The molecular weight excluding hydrogens is 358 g/mol. The lowest BCUT2D eigenvalue weighted by Crippen LogP contribution is -2.14. The molecule has 0 heterocycles. The average molecular weight is 384 g/mol. The standard InChI is InChI=1S/C22H25NOS2/c1-2-25-19-9-3-16(4-10-19)15-21(24)23-18-7-5-17(6-8-18)22(13-14-22)26-20-11-12-20/h3-10,20H,2,11-15H2,1H3,(H,23,24). The molecule has 0 bridgehead atoms. The van der Waals surface area contributed by atoms with Crippen molar-refractivity contribution in [3.63, 3.8) is 0 Å². The van der Waals surface area contributed by atoms with Gasteiger partial charge in [0.15, 0.2) is 0 Å². The van der Waals surface area contributed by atoms with E-state index in [2.05, 4.69) is 60.4 Å². The van der Waals surface area contributed by atoms with Gasteiger partial charge < -0.3 is 5.32 Å². The molecule has 136 valence electrons. The number of anilines is 1. The molecule has 0 atom stereocenters. The van der Waals surface area contributed by atoms with Crippen LogP contribution < -0.4 is 5.32 Å². The first-order valence-corrected chi connectivity index (χ1v) is 11.3. The van der Waals surface area contributed by atoms with Gasteiger partial charge in [-0.1, -0.05) is 31.2 Å². The second kappa shape index (κ2) is 7.69. The maximum Gasteiger partial charge on any atom is 0.228 e. The third kappa shape index (κ3) is 4.47. The predicted octanol–water partition coefficient (Wildman–Crippen LogP) is 5.86. The summed E-state index contributed by atoms with van der Waals surface area (Å²) in [6, 6.07) is 16.8. The van der Waals surface area contributed by atoms with E-state index in [0.717, 1.165) is 22.3 Å². The SMILES string of the molecule is CCSc1ccc(CC(=O)Nc2ccc(C3(SC4CC4)CC3)cc2)cc1. The molecule has 0 aliphatic heterocycles. The maximum atomic E-state index is 12.3. The highest BCUT2D eigenvalue weighted by atomic mass is 32.2. The molecule has 26 heavy (non-hydrogen) atoms. The van der Waals surface area contributed by atoms with Crippen LogP contribution in [-0.4, -0.2) is 16.9 Å². The lowest BCUT2D eigenvalue weighted by Gasteiger charge is -2.15. The van der Waals surface area contributed by atoms with Gasteiger partial charge in [0.1, 0.15) is 0 Å². The van der Waals surface area contributed by atoms with E-state index >= 15 is 0 Å². The molecule has 4 heteroatoms. The number of rotatable bonds is 8. The second-order valence-electron chi connectivity index (χ2n) is 7.19.